The molecule has 2 aliphatic heterocycles. The standard InChI is InChI=1S/C38H36Br4Cl4N6O4/c39-29-15-23(43)11-21(33(29)53)19-47-1-3-49-5-7-51(37(49)27-13-25(45)17-31(41)35(27)55)9-10-52-8-6-50(38(52)28-14-26(46)18-32(42)36(28)56)4-2-48-20-22-12-24(44)16-30(40)34(22)54/h11-20,37-38,53-56H,1-10H2/t37-,38+. The Kier molecular flexibility index (Phi) is 15.4. The number of nitrogens with zero attached hydrogens (tertiary/aromatic N) is 6. The molecule has 0 aromatic heterocycles. The Labute approximate surface area is 378 Å². The maximum atomic E-state index is 11.3. The zero-order valence-corrected chi connectivity index (χ0v) is 38.9. The van der Waals surface area contributed by atoms with E-state index < -0.39 is 0 Å². The third kappa shape index (κ3) is 10.4. The van der Waals surface area contributed by atoms with Crippen molar-refractivity contribution in [2.45, 2.75) is 12.3 Å². The predicted octanol–water partition coefficient (Wildman–Crippen LogP) is 10.3. The second-order valence-electron chi connectivity index (χ2n) is 13.3. The highest BCUT2D eigenvalue weighted by Gasteiger charge is 2.38. The quantitative estimate of drug-likeness (QED) is 0.0978. The Morgan fingerprint density at radius 2 is 0.786 bits per heavy atom. The lowest BCUT2D eigenvalue weighted by Crippen LogP contribution is -2.39. The number of aliphatic imine (C=N–C) groups is 2. The van der Waals surface area contributed by atoms with Crippen molar-refractivity contribution in [3.63, 3.8) is 0 Å². The fourth-order valence-electron chi connectivity index (χ4n) is 7.08. The molecule has 4 aromatic carbocycles. The highest BCUT2D eigenvalue weighted by atomic mass is 79.9. The fourth-order valence-corrected chi connectivity index (χ4v) is 10.4. The summed E-state index contributed by atoms with van der Waals surface area (Å²) in [7, 11) is 0. The molecule has 0 amide bonds. The summed E-state index contributed by atoms with van der Waals surface area (Å²) in [5.74, 6) is 0.361. The average Bonchev–Trinajstić information content (AvgIpc) is 3.74. The summed E-state index contributed by atoms with van der Waals surface area (Å²) in [5, 5.41) is 45.4. The van der Waals surface area contributed by atoms with Gasteiger partial charge in [0.05, 0.1) is 43.3 Å². The highest BCUT2D eigenvalue weighted by molar-refractivity contribution is 9.11. The predicted molar refractivity (Wildman–Crippen MR) is 240 cm³/mol. The van der Waals surface area contributed by atoms with E-state index in [-0.39, 0.29) is 35.3 Å². The highest BCUT2D eigenvalue weighted by Crippen LogP contribution is 2.43. The second-order valence-corrected chi connectivity index (χ2v) is 18.4. The molecule has 0 bridgehead atoms. The molecule has 6 rings (SSSR count). The van der Waals surface area contributed by atoms with Crippen molar-refractivity contribution in [3.05, 3.63) is 109 Å². The summed E-state index contributed by atoms with van der Waals surface area (Å²) in [6, 6.07) is 13.5. The number of aromatic hydroxyl groups is 4. The van der Waals surface area contributed by atoms with Gasteiger partial charge in [0, 0.05) is 107 Å². The Morgan fingerprint density at radius 3 is 1.14 bits per heavy atom. The van der Waals surface area contributed by atoms with Crippen LogP contribution in [0.1, 0.15) is 34.6 Å². The number of hydrogen-bond acceptors (Lipinski definition) is 10. The maximum Gasteiger partial charge on any atom is 0.138 e. The van der Waals surface area contributed by atoms with Gasteiger partial charge in [0.15, 0.2) is 0 Å². The molecule has 18 heteroatoms. The van der Waals surface area contributed by atoms with Crippen LogP contribution in [0.5, 0.6) is 23.0 Å². The topological polar surface area (TPSA) is 119 Å². The largest absolute Gasteiger partial charge is 0.506 e. The molecule has 0 unspecified atom stereocenters. The molecule has 2 saturated heterocycles. The molecular formula is C38H36Br4Cl4N6O4. The van der Waals surface area contributed by atoms with E-state index in [0.29, 0.717) is 113 Å². The lowest BCUT2D eigenvalue weighted by Gasteiger charge is -2.35. The minimum Gasteiger partial charge on any atom is -0.506 e. The van der Waals surface area contributed by atoms with Crippen LogP contribution < -0.4 is 0 Å². The molecule has 0 aliphatic carbocycles. The minimum atomic E-state index is -0.308. The average molecular weight is 1100 g/mol. The van der Waals surface area contributed by atoms with Gasteiger partial charge in [-0.1, -0.05) is 46.4 Å². The SMILES string of the molecule is Oc1c(Br)cc(Cl)cc1C=NCCN1CCN(CCN2CCN(CCN=Cc3cc(Cl)cc(Br)c3O)[C@@H]2c2cc(Cl)cc(Br)c2O)[C@@H]1c1cc(Cl)cc(Br)c1O. The minimum absolute atomic E-state index is 0.0632. The molecule has 2 heterocycles. The fraction of sp³-hybridized carbons (Fsp3) is 0.316. The first-order chi connectivity index (χ1) is 26.7. The van der Waals surface area contributed by atoms with Crippen LogP contribution in [0.2, 0.25) is 20.1 Å². The van der Waals surface area contributed by atoms with Crippen LogP contribution in [-0.2, 0) is 0 Å². The normalized spacial score (nSPS) is 18.7. The van der Waals surface area contributed by atoms with Gasteiger partial charge in [-0.25, -0.2) is 0 Å². The molecule has 0 radical (unpaired) electrons. The summed E-state index contributed by atoms with van der Waals surface area (Å²) in [6.45, 7) is 6.13. The Balaban J connectivity index is 1.21. The van der Waals surface area contributed by atoms with Crippen LogP contribution in [0.15, 0.2) is 76.4 Å². The maximum absolute atomic E-state index is 11.3. The van der Waals surface area contributed by atoms with Gasteiger partial charge in [-0.3, -0.25) is 29.6 Å². The van der Waals surface area contributed by atoms with Gasteiger partial charge in [-0.15, -0.1) is 0 Å². The van der Waals surface area contributed by atoms with Crippen LogP contribution in [0.25, 0.3) is 0 Å². The van der Waals surface area contributed by atoms with Crippen molar-refractivity contribution in [1.29, 1.82) is 0 Å². The van der Waals surface area contributed by atoms with E-state index in [2.05, 4.69) is 93.3 Å². The smallest absolute Gasteiger partial charge is 0.138 e. The summed E-state index contributed by atoms with van der Waals surface area (Å²) in [5.41, 5.74) is 2.36. The lowest BCUT2D eigenvalue weighted by molar-refractivity contribution is 0.0954. The molecule has 2 aliphatic rings. The van der Waals surface area contributed by atoms with Crippen molar-refractivity contribution >= 4 is 123 Å². The van der Waals surface area contributed by atoms with Crippen LogP contribution in [-0.4, -0.2) is 118 Å². The summed E-state index contributed by atoms with van der Waals surface area (Å²) >= 11 is 39.1. The molecular weight excluding hydrogens is 1070 g/mol. The third-order valence-corrected chi connectivity index (χ3v) is 13.0. The van der Waals surface area contributed by atoms with Gasteiger partial charge in [0.2, 0.25) is 0 Å². The van der Waals surface area contributed by atoms with Crippen LogP contribution in [0.4, 0.5) is 0 Å². The Bertz CT molecular complexity index is 2000. The molecule has 2 fully saturated rings. The summed E-state index contributed by atoms with van der Waals surface area (Å²) in [6.07, 6.45) is 2.60. The van der Waals surface area contributed by atoms with Gasteiger partial charge in [0.25, 0.3) is 0 Å². The van der Waals surface area contributed by atoms with Crippen molar-refractivity contribution in [3.8, 4) is 23.0 Å². The van der Waals surface area contributed by atoms with Crippen molar-refractivity contribution in [1.82, 2.24) is 19.6 Å². The number of benzene rings is 4. The number of rotatable bonds is 13. The van der Waals surface area contributed by atoms with Gasteiger partial charge >= 0.3 is 0 Å². The van der Waals surface area contributed by atoms with E-state index in [1.54, 1.807) is 61.0 Å². The zero-order valence-electron chi connectivity index (χ0n) is 29.5. The van der Waals surface area contributed by atoms with Crippen molar-refractivity contribution < 1.29 is 20.4 Å². The van der Waals surface area contributed by atoms with E-state index in [0.717, 1.165) is 13.1 Å². The number of halogens is 8. The number of phenols is 4. The number of phenolic OH excluding ortho intramolecular Hbond substituents is 4. The molecule has 10 nitrogen and oxygen atoms in total. The van der Waals surface area contributed by atoms with Gasteiger partial charge < -0.3 is 20.4 Å². The molecule has 298 valence electrons. The van der Waals surface area contributed by atoms with Gasteiger partial charge in [-0.2, -0.15) is 0 Å². The molecule has 4 aromatic rings. The summed E-state index contributed by atoms with van der Waals surface area (Å²) in [4.78, 5) is 18.3. The number of hydrogen-bond donors (Lipinski definition) is 4. The van der Waals surface area contributed by atoms with E-state index in [1.165, 1.54) is 0 Å². The van der Waals surface area contributed by atoms with Crippen LogP contribution in [0.3, 0.4) is 0 Å². The molecule has 56 heavy (non-hydrogen) atoms. The van der Waals surface area contributed by atoms with Gasteiger partial charge in [-0.05, 0) is 112 Å². The first kappa shape index (κ1) is 43.9. The first-order valence-corrected chi connectivity index (χ1v) is 22.1. The van der Waals surface area contributed by atoms with E-state index in [1.807, 2.05) is 0 Å². The van der Waals surface area contributed by atoms with Crippen molar-refractivity contribution in [2.24, 2.45) is 9.98 Å². The molecule has 0 saturated carbocycles. The van der Waals surface area contributed by atoms with Crippen molar-refractivity contribution in [2.75, 3.05) is 65.4 Å². The van der Waals surface area contributed by atoms with Gasteiger partial charge in [0.1, 0.15) is 23.0 Å². The molecule has 0 spiro atoms. The molecule has 2 atom stereocenters. The lowest BCUT2D eigenvalue weighted by atomic mass is 10.1. The third-order valence-electron chi connectivity index (χ3n) is 9.69. The second kappa shape index (κ2) is 19.6. The Morgan fingerprint density at radius 1 is 0.482 bits per heavy atom. The monoisotopic (exact) mass is 1100 g/mol. The van der Waals surface area contributed by atoms with Crippen LogP contribution >= 0.6 is 110 Å². The van der Waals surface area contributed by atoms with E-state index in [4.69, 9.17) is 46.4 Å². The zero-order chi connectivity index (χ0) is 40.3. The van der Waals surface area contributed by atoms with Crippen LogP contribution in [0, 0.1) is 0 Å². The van der Waals surface area contributed by atoms with E-state index in [9.17, 15) is 20.4 Å². The first-order valence-electron chi connectivity index (χ1n) is 17.4. The van der Waals surface area contributed by atoms with E-state index >= 15 is 0 Å². The summed E-state index contributed by atoms with van der Waals surface area (Å²) < 4.78 is 1.99. The Hall–Kier alpha value is -1.66. The molecule has 4 N–H and O–H groups in total.